The molecule has 0 spiro atoms. The van der Waals surface area contributed by atoms with Crippen LogP contribution in [0.5, 0.6) is 0 Å². The molecule has 2 atom stereocenters. The fraction of sp³-hybridized carbons (Fsp3) is 0.529. The monoisotopic (exact) mass is 348 g/mol. The van der Waals surface area contributed by atoms with Crippen LogP contribution in [0, 0.1) is 5.92 Å². The van der Waals surface area contributed by atoms with Crippen molar-refractivity contribution in [2.45, 2.75) is 36.7 Å². The second kappa shape index (κ2) is 7.44. The van der Waals surface area contributed by atoms with Crippen LogP contribution in [0.2, 0.25) is 0 Å². The molecule has 0 radical (unpaired) electrons. The first-order valence-corrected chi connectivity index (χ1v) is 9.27. The summed E-state index contributed by atoms with van der Waals surface area (Å²) in [6.07, 6.45) is 5.76. The molecule has 6 nitrogen and oxygen atoms in total. The van der Waals surface area contributed by atoms with Gasteiger partial charge in [-0.3, -0.25) is 4.79 Å². The fourth-order valence-electron chi connectivity index (χ4n) is 2.98. The number of furan rings is 1. The molecular formula is C17H24N4O2S. The zero-order chi connectivity index (χ0) is 17.1. The van der Waals surface area contributed by atoms with Crippen molar-refractivity contribution in [3.8, 4) is 0 Å². The highest BCUT2D eigenvalue weighted by Crippen LogP contribution is 2.24. The fourth-order valence-corrected chi connectivity index (χ4v) is 3.80. The van der Waals surface area contributed by atoms with E-state index in [1.54, 1.807) is 24.0 Å². The Hall–Kier alpha value is -1.73. The van der Waals surface area contributed by atoms with Gasteiger partial charge in [-0.1, -0.05) is 11.8 Å². The smallest absolute Gasteiger partial charge is 0.289 e. The molecule has 1 saturated heterocycles. The van der Waals surface area contributed by atoms with Gasteiger partial charge in [0.05, 0.1) is 5.75 Å². The first kappa shape index (κ1) is 17.1. The number of amides is 1. The number of carbonyl (C=O) groups excluding carboxylic acids is 1. The Balaban J connectivity index is 1.60. The van der Waals surface area contributed by atoms with E-state index in [-0.39, 0.29) is 11.9 Å². The highest BCUT2D eigenvalue weighted by Gasteiger charge is 2.27. The Labute approximate surface area is 146 Å². The molecule has 1 aliphatic heterocycles. The SMILES string of the molecule is C[C@@H](N)[C@H]1CCCN(C(=O)c2ccc(CSc3nccn3C)o2)C1. The Morgan fingerprint density at radius 2 is 2.38 bits per heavy atom. The van der Waals surface area contributed by atoms with Gasteiger partial charge in [-0.25, -0.2) is 4.98 Å². The lowest BCUT2D eigenvalue weighted by Crippen LogP contribution is -2.44. The van der Waals surface area contributed by atoms with Gasteiger partial charge in [0, 0.05) is 38.6 Å². The Morgan fingerprint density at radius 3 is 3.08 bits per heavy atom. The number of imidazole rings is 1. The van der Waals surface area contributed by atoms with Gasteiger partial charge >= 0.3 is 0 Å². The van der Waals surface area contributed by atoms with Crippen molar-refractivity contribution in [2.24, 2.45) is 18.7 Å². The molecular weight excluding hydrogens is 324 g/mol. The molecule has 0 aromatic carbocycles. The maximum Gasteiger partial charge on any atom is 0.289 e. The van der Waals surface area contributed by atoms with Crippen LogP contribution in [0.15, 0.2) is 34.1 Å². The molecule has 2 aromatic rings. The lowest BCUT2D eigenvalue weighted by Gasteiger charge is -2.34. The standard InChI is InChI=1S/C17H24N4O2S/c1-12(18)13-4-3-8-21(10-13)16(22)15-6-5-14(23-15)11-24-17-19-7-9-20(17)2/h5-7,9,12-13H,3-4,8,10-11,18H2,1-2H3/t12-,13+/m1/s1. The summed E-state index contributed by atoms with van der Waals surface area (Å²) in [6.45, 7) is 3.51. The van der Waals surface area contributed by atoms with Crippen LogP contribution < -0.4 is 5.73 Å². The number of nitrogens with two attached hydrogens (primary N) is 1. The number of aromatic nitrogens is 2. The maximum absolute atomic E-state index is 12.6. The van der Waals surface area contributed by atoms with Crippen LogP contribution in [-0.2, 0) is 12.8 Å². The molecule has 1 aliphatic rings. The van der Waals surface area contributed by atoms with E-state index < -0.39 is 0 Å². The van der Waals surface area contributed by atoms with Crippen molar-refractivity contribution in [3.63, 3.8) is 0 Å². The molecule has 0 unspecified atom stereocenters. The minimum Gasteiger partial charge on any atom is -0.455 e. The molecule has 0 aliphatic carbocycles. The van der Waals surface area contributed by atoms with E-state index in [0.29, 0.717) is 24.0 Å². The quantitative estimate of drug-likeness (QED) is 0.840. The number of hydrogen-bond acceptors (Lipinski definition) is 5. The first-order valence-electron chi connectivity index (χ1n) is 8.28. The van der Waals surface area contributed by atoms with Crippen molar-refractivity contribution in [1.82, 2.24) is 14.5 Å². The van der Waals surface area contributed by atoms with Crippen LogP contribution in [-0.4, -0.2) is 39.5 Å². The zero-order valence-electron chi connectivity index (χ0n) is 14.1. The largest absolute Gasteiger partial charge is 0.455 e. The average molecular weight is 348 g/mol. The number of nitrogens with zero attached hydrogens (tertiary/aromatic N) is 3. The summed E-state index contributed by atoms with van der Waals surface area (Å²) in [5, 5.41) is 0.926. The van der Waals surface area contributed by atoms with Gasteiger partial charge in [-0.05, 0) is 37.8 Å². The maximum atomic E-state index is 12.6. The van der Waals surface area contributed by atoms with Crippen LogP contribution >= 0.6 is 11.8 Å². The molecule has 24 heavy (non-hydrogen) atoms. The zero-order valence-corrected chi connectivity index (χ0v) is 15.0. The van der Waals surface area contributed by atoms with Crippen LogP contribution in [0.4, 0.5) is 0 Å². The van der Waals surface area contributed by atoms with Gasteiger partial charge < -0.3 is 19.6 Å². The number of thioether (sulfide) groups is 1. The molecule has 0 saturated carbocycles. The number of aryl methyl sites for hydroxylation is 1. The third-order valence-electron chi connectivity index (χ3n) is 4.48. The number of hydrogen-bond donors (Lipinski definition) is 1. The van der Waals surface area contributed by atoms with Crippen LogP contribution in [0.25, 0.3) is 0 Å². The highest BCUT2D eigenvalue weighted by molar-refractivity contribution is 7.98. The van der Waals surface area contributed by atoms with E-state index in [9.17, 15) is 4.79 Å². The predicted molar refractivity (Wildman–Crippen MR) is 93.8 cm³/mol. The molecule has 130 valence electrons. The summed E-state index contributed by atoms with van der Waals surface area (Å²) in [6, 6.07) is 3.75. The lowest BCUT2D eigenvalue weighted by molar-refractivity contribution is 0.0627. The van der Waals surface area contributed by atoms with Gasteiger partial charge in [-0.15, -0.1) is 0 Å². The summed E-state index contributed by atoms with van der Waals surface area (Å²) < 4.78 is 7.71. The van der Waals surface area contributed by atoms with Gasteiger partial charge in [0.1, 0.15) is 5.76 Å². The van der Waals surface area contributed by atoms with Crippen LogP contribution in [0.1, 0.15) is 36.1 Å². The highest BCUT2D eigenvalue weighted by atomic mass is 32.2. The van der Waals surface area contributed by atoms with E-state index >= 15 is 0 Å². The summed E-state index contributed by atoms with van der Waals surface area (Å²) in [7, 11) is 1.96. The Kier molecular flexibility index (Phi) is 5.30. The number of piperidine rings is 1. The Bertz CT molecular complexity index is 694. The van der Waals surface area contributed by atoms with Crippen LogP contribution in [0.3, 0.4) is 0 Å². The van der Waals surface area contributed by atoms with E-state index in [0.717, 1.165) is 30.3 Å². The number of likely N-dealkylation sites (tertiary alicyclic amines) is 1. The molecule has 2 N–H and O–H groups in total. The van der Waals surface area contributed by atoms with E-state index in [4.69, 9.17) is 10.2 Å². The predicted octanol–water partition coefficient (Wildman–Crippen LogP) is 2.50. The third-order valence-corrected chi connectivity index (χ3v) is 5.56. The second-order valence-electron chi connectivity index (χ2n) is 6.39. The van der Waals surface area contributed by atoms with Gasteiger partial charge in [0.25, 0.3) is 5.91 Å². The van der Waals surface area contributed by atoms with Gasteiger partial charge in [0.15, 0.2) is 10.9 Å². The summed E-state index contributed by atoms with van der Waals surface area (Å²) in [5.41, 5.74) is 6.00. The molecule has 3 rings (SSSR count). The number of rotatable bonds is 5. The first-order chi connectivity index (χ1) is 11.5. The minimum absolute atomic E-state index is 0.0337. The van der Waals surface area contributed by atoms with Gasteiger partial charge in [-0.2, -0.15) is 0 Å². The van der Waals surface area contributed by atoms with E-state index in [1.165, 1.54) is 0 Å². The van der Waals surface area contributed by atoms with Gasteiger partial charge in [0.2, 0.25) is 0 Å². The molecule has 2 aromatic heterocycles. The second-order valence-corrected chi connectivity index (χ2v) is 7.33. The normalized spacial score (nSPS) is 19.5. The average Bonchev–Trinajstić information content (AvgIpc) is 3.21. The molecule has 1 amide bonds. The summed E-state index contributed by atoms with van der Waals surface area (Å²) in [4.78, 5) is 18.8. The van der Waals surface area contributed by atoms with Crippen molar-refractivity contribution in [3.05, 3.63) is 36.0 Å². The van der Waals surface area contributed by atoms with Crippen molar-refractivity contribution in [1.29, 1.82) is 0 Å². The Morgan fingerprint density at radius 1 is 1.54 bits per heavy atom. The van der Waals surface area contributed by atoms with Crippen molar-refractivity contribution in [2.75, 3.05) is 13.1 Å². The summed E-state index contributed by atoms with van der Waals surface area (Å²) >= 11 is 1.59. The minimum atomic E-state index is -0.0337. The topological polar surface area (TPSA) is 77.3 Å². The van der Waals surface area contributed by atoms with E-state index in [2.05, 4.69) is 4.98 Å². The lowest BCUT2D eigenvalue weighted by atomic mass is 9.92. The van der Waals surface area contributed by atoms with Crippen molar-refractivity contribution < 1.29 is 9.21 Å². The number of carbonyl (C=O) groups is 1. The van der Waals surface area contributed by atoms with Crippen molar-refractivity contribution >= 4 is 17.7 Å². The molecule has 7 heteroatoms. The molecule has 1 fully saturated rings. The molecule has 0 bridgehead atoms. The third kappa shape index (κ3) is 3.84. The summed E-state index contributed by atoms with van der Waals surface area (Å²) in [5.74, 6) is 2.19. The van der Waals surface area contributed by atoms with E-state index in [1.807, 2.05) is 35.7 Å². The molecule has 3 heterocycles.